The Morgan fingerprint density at radius 1 is 1.53 bits per heavy atom. The first kappa shape index (κ1) is 12.8. The molecule has 4 heteroatoms. The van der Waals surface area contributed by atoms with E-state index in [0.717, 1.165) is 29.9 Å². The van der Waals surface area contributed by atoms with Crippen molar-refractivity contribution in [1.82, 2.24) is 4.98 Å². The van der Waals surface area contributed by atoms with Gasteiger partial charge >= 0.3 is 0 Å². The van der Waals surface area contributed by atoms with E-state index >= 15 is 0 Å². The molecule has 1 aliphatic heterocycles. The molecule has 1 saturated heterocycles. The van der Waals surface area contributed by atoms with Crippen LogP contribution in [-0.2, 0) is 4.74 Å². The van der Waals surface area contributed by atoms with E-state index in [0.29, 0.717) is 0 Å². The maximum absolute atomic E-state index is 5.99. The van der Waals surface area contributed by atoms with Crippen LogP contribution in [0, 0.1) is 6.92 Å². The molecule has 0 bridgehead atoms. The molecule has 1 unspecified atom stereocenters. The average molecular weight is 299 g/mol. The zero-order chi connectivity index (χ0) is 12.5. The van der Waals surface area contributed by atoms with E-state index in [9.17, 15) is 0 Å². The van der Waals surface area contributed by atoms with Gasteiger partial charge in [0, 0.05) is 24.1 Å². The molecule has 1 aromatic heterocycles. The topological polar surface area (TPSA) is 25.4 Å². The summed E-state index contributed by atoms with van der Waals surface area (Å²) in [5, 5.41) is 0.860. The van der Waals surface area contributed by atoms with Gasteiger partial charge in [-0.2, -0.15) is 0 Å². The highest BCUT2D eigenvalue weighted by atomic mass is 79.9. The van der Waals surface area contributed by atoms with Crippen molar-refractivity contribution in [2.24, 2.45) is 0 Å². The smallest absolute Gasteiger partial charge is 0.128 e. The molecule has 17 heavy (non-hydrogen) atoms. The van der Waals surface area contributed by atoms with E-state index in [1.54, 1.807) is 0 Å². The lowest BCUT2D eigenvalue weighted by Gasteiger charge is -2.43. The first-order valence-corrected chi connectivity index (χ1v) is 7.05. The molecule has 1 fully saturated rings. The van der Waals surface area contributed by atoms with Gasteiger partial charge in [0.1, 0.15) is 5.82 Å². The third-order valence-electron chi connectivity index (χ3n) is 2.85. The Bertz CT molecular complexity index is 395. The Balaban J connectivity index is 2.20. The first-order valence-electron chi connectivity index (χ1n) is 5.92. The van der Waals surface area contributed by atoms with E-state index < -0.39 is 0 Å². The number of aryl methyl sites for hydroxylation is 1. The van der Waals surface area contributed by atoms with Gasteiger partial charge < -0.3 is 9.64 Å². The summed E-state index contributed by atoms with van der Waals surface area (Å²) in [6.45, 7) is 8.06. The summed E-state index contributed by atoms with van der Waals surface area (Å²) in [6, 6.07) is 6.15. The van der Waals surface area contributed by atoms with Crippen molar-refractivity contribution < 1.29 is 4.74 Å². The Hall–Kier alpha value is -0.610. The van der Waals surface area contributed by atoms with Crippen molar-refractivity contribution >= 4 is 21.7 Å². The van der Waals surface area contributed by atoms with Crippen molar-refractivity contribution in [3.05, 3.63) is 23.9 Å². The van der Waals surface area contributed by atoms with Crippen molar-refractivity contribution in [3.63, 3.8) is 0 Å². The normalized spacial score (nSPS) is 23.8. The summed E-state index contributed by atoms with van der Waals surface area (Å²) in [4.78, 5) is 6.89. The van der Waals surface area contributed by atoms with Crippen LogP contribution >= 0.6 is 15.9 Å². The van der Waals surface area contributed by atoms with Crippen LogP contribution < -0.4 is 4.90 Å². The third-order valence-corrected chi connectivity index (χ3v) is 3.57. The molecule has 2 rings (SSSR count). The number of hydrogen-bond acceptors (Lipinski definition) is 3. The summed E-state index contributed by atoms with van der Waals surface area (Å²) in [5.41, 5.74) is 0.935. The molecule has 0 spiro atoms. The molecular formula is C13H19BrN2O. The number of hydrogen-bond donors (Lipinski definition) is 0. The minimum atomic E-state index is -0.123. The Labute approximate surface area is 111 Å². The number of anilines is 1. The van der Waals surface area contributed by atoms with Gasteiger partial charge in [0.2, 0.25) is 0 Å². The summed E-state index contributed by atoms with van der Waals surface area (Å²) in [6.07, 6.45) is 0.223. The predicted octanol–water partition coefficient (Wildman–Crippen LogP) is 2.77. The van der Waals surface area contributed by atoms with Crippen LogP contribution in [0.5, 0.6) is 0 Å². The highest BCUT2D eigenvalue weighted by Gasteiger charge is 2.33. The number of aromatic nitrogens is 1. The number of nitrogens with zero attached hydrogens (tertiary/aromatic N) is 2. The van der Waals surface area contributed by atoms with Gasteiger partial charge in [-0.15, -0.1) is 0 Å². The van der Waals surface area contributed by atoms with Crippen LogP contribution in [0.25, 0.3) is 0 Å². The lowest BCUT2D eigenvalue weighted by molar-refractivity contribution is -0.0726. The number of pyridine rings is 1. The van der Waals surface area contributed by atoms with Gasteiger partial charge in [0.15, 0.2) is 0 Å². The molecule has 2 heterocycles. The largest absolute Gasteiger partial charge is 0.368 e. The summed E-state index contributed by atoms with van der Waals surface area (Å²) in [5.74, 6) is 1.05. The lowest BCUT2D eigenvalue weighted by atomic mass is 10.1. The van der Waals surface area contributed by atoms with Crippen LogP contribution in [0.3, 0.4) is 0 Å². The number of morpholine rings is 1. The predicted molar refractivity (Wildman–Crippen MR) is 73.9 cm³/mol. The molecule has 0 aliphatic carbocycles. The molecule has 3 nitrogen and oxygen atoms in total. The SMILES string of the molecule is Cc1cccc(N2CC(CBr)OC(C)(C)C2)n1. The number of alkyl halides is 1. The summed E-state index contributed by atoms with van der Waals surface area (Å²) in [7, 11) is 0. The zero-order valence-corrected chi connectivity index (χ0v) is 12.2. The Morgan fingerprint density at radius 3 is 2.94 bits per heavy atom. The molecule has 1 aromatic rings. The minimum absolute atomic E-state index is 0.123. The molecule has 0 amide bonds. The fourth-order valence-electron chi connectivity index (χ4n) is 2.26. The van der Waals surface area contributed by atoms with Crippen LogP contribution in [-0.4, -0.2) is 35.1 Å². The Kier molecular flexibility index (Phi) is 3.73. The molecular weight excluding hydrogens is 280 g/mol. The molecule has 1 atom stereocenters. The van der Waals surface area contributed by atoms with Gasteiger partial charge in [0.05, 0.1) is 11.7 Å². The fourth-order valence-corrected chi connectivity index (χ4v) is 2.59. The van der Waals surface area contributed by atoms with Crippen molar-refractivity contribution in [3.8, 4) is 0 Å². The van der Waals surface area contributed by atoms with Crippen LogP contribution in [0.2, 0.25) is 0 Å². The monoisotopic (exact) mass is 298 g/mol. The maximum atomic E-state index is 5.99. The Morgan fingerprint density at radius 2 is 2.29 bits per heavy atom. The van der Waals surface area contributed by atoms with E-state index in [-0.39, 0.29) is 11.7 Å². The van der Waals surface area contributed by atoms with Gasteiger partial charge in [0.25, 0.3) is 0 Å². The fraction of sp³-hybridized carbons (Fsp3) is 0.615. The van der Waals surface area contributed by atoms with Crippen LogP contribution in [0.15, 0.2) is 18.2 Å². The lowest BCUT2D eigenvalue weighted by Crippen LogP contribution is -2.53. The second-order valence-electron chi connectivity index (χ2n) is 5.17. The minimum Gasteiger partial charge on any atom is -0.368 e. The van der Waals surface area contributed by atoms with Gasteiger partial charge in [-0.25, -0.2) is 4.98 Å². The molecule has 1 aliphatic rings. The van der Waals surface area contributed by atoms with Crippen molar-refractivity contribution in [2.75, 3.05) is 23.3 Å². The first-order chi connectivity index (χ1) is 8.00. The standard InChI is InChI=1S/C13H19BrN2O/c1-10-5-4-6-12(15-10)16-8-11(7-14)17-13(2,3)9-16/h4-6,11H,7-9H2,1-3H3. The average Bonchev–Trinajstić information content (AvgIpc) is 2.27. The van der Waals surface area contributed by atoms with Gasteiger partial charge in [-0.05, 0) is 32.9 Å². The summed E-state index contributed by atoms with van der Waals surface area (Å²) < 4.78 is 5.99. The molecule has 0 N–H and O–H groups in total. The van der Waals surface area contributed by atoms with E-state index in [1.165, 1.54) is 0 Å². The highest BCUT2D eigenvalue weighted by Crippen LogP contribution is 2.25. The quantitative estimate of drug-likeness (QED) is 0.785. The van der Waals surface area contributed by atoms with Crippen LogP contribution in [0.4, 0.5) is 5.82 Å². The number of halogens is 1. The van der Waals surface area contributed by atoms with Crippen molar-refractivity contribution in [1.29, 1.82) is 0 Å². The van der Waals surface area contributed by atoms with E-state index in [4.69, 9.17) is 4.74 Å². The molecule has 0 saturated carbocycles. The van der Waals surface area contributed by atoms with Crippen molar-refractivity contribution in [2.45, 2.75) is 32.5 Å². The second kappa shape index (κ2) is 4.94. The van der Waals surface area contributed by atoms with Gasteiger partial charge in [-0.1, -0.05) is 22.0 Å². The maximum Gasteiger partial charge on any atom is 0.128 e. The highest BCUT2D eigenvalue weighted by molar-refractivity contribution is 9.09. The van der Waals surface area contributed by atoms with E-state index in [2.05, 4.69) is 51.8 Å². The number of rotatable bonds is 2. The third kappa shape index (κ3) is 3.19. The molecule has 0 aromatic carbocycles. The number of ether oxygens (including phenoxy) is 1. The second-order valence-corrected chi connectivity index (χ2v) is 5.82. The molecule has 0 radical (unpaired) electrons. The van der Waals surface area contributed by atoms with E-state index in [1.807, 2.05) is 13.0 Å². The van der Waals surface area contributed by atoms with Crippen LogP contribution in [0.1, 0.15) is 19.5 Å². The zero-order valence-electron chi connectivity index (χ0n) is 10.6. The van der Waals surface area contributed by atoms with Gasteiger partial charge in [-0.3, -0.25) is 0 Å². The summed E-state index contributed by atoms with van der Waals surface area (Å²) >= 11 is 3.51. The molecule has 94 valence electrons.